The Kier molecular flexibility index (Phi) is 2.30. The predicted octanol–water partition coefficient (Wildman–Crippen LogP) is 2.14. The van der Waals surface area contributed by atoms with E-state index in [4.69, 9.17) is 0 Å². The van der Waals surface area contributed by atoms with E-state index in [1.807, 2.05) is 12.1 Å². The van der Waals surface area contributed by atoms with Gasteiger partial charge in [0.15, 0.2) is 0 Å². The average molecular weight is 242 g/mol. The summed E-state index contributed by atoms with van der Waals surface area (Å²) in [7, 11) is 2.10. The van der Waals surface area contributed by atoms with Crippen molar-refractivity contribution < 1.29 is 5.11 Å². The summed E-state index contributed by atoms with van der Waals surface area (Å²) in [5.74, 6) is 0.342. The third-order valence-electron chi connectivity index (χ3n) is 2.47. The molecule has 2 rings (SSSR count). The number of halogens is 1. The van der Waals surface area contributed by atoms with Crippen LogP contribution in [-0.2, 0) is 13.0 Å². The second-order valence-corrected chi connectivity index (χ2v) is 4.41. The lowest BCUT2D eigenvalue weighted by Crippen LogP contribution is -2.26. The zero-order chi connectivity index (χ0) is 9.42. The summed E-state index contributed by atoms with van der Waals surface area (Å²) < 4.78 is 0.802. The molecule has 2 nitrogen and oxygen atoms in total. The zero-order valence-corrected chi connectivity index (χ0v) is 9.13. The Morgan fingerprint density at radius 3 is 2.92 bits per heavy atom. The highest BCUT2D eigenvalue weighted by atomic mass is 79.9. The van der Waals surface area contributed by atoms with Crippen LogP contribution in [0.4, 0.5) is 0 Å². The van der Waals surface area contributed by atoms with Gasteiger partial charge >= 0.3 is 0 Å². The van der Waals surface area contributed by atoms with Crippen molar-refractivity contribution >= 4 is 15.9 Å². The Morgan fingerprint density at radius 2 is 2.15 bits per heavy atom. The molecule has 3 heteroatoms. The molecule has 0 unspecified atom stereocenters. The first-order chi connectivity index (χ1) is 6.16. The van der Waals surface area contributed by atoms with E-state index in [9.17, 15) is 5.11 Å². The molecule has 1 aliphatic heterocycles. The predicted molar refractivity (Wildman–Crippen MR) is 55.8 cm³/mol. The molecule has 0 aliphatic carbocycles. The highest BCUT2D eigenvalue weighted by molar-refractivity contribution is 9.10. The van der Waals surface area contributed by atoms with Crippen LogP contribution in [0.5, 0.6) is 5.75 Å². The van der Waals surface area contributed by atoms with E-state index in [1.54, 1.807) is 0 Å². The van der Waals surface area contributed by atoms with Crippen molar-refractivity contribution in [3.8, 4) is 5.75 Å². The van der Waals surface area contributed by atoms with Gasteiger partial charge in [-0.25, -0.2) is 0 Å². The van der Waals surface area contributed by atoms with Gasteiger partial charge in [-0.2, -0.15) is 0 Å². The third kappa shape index (κ3) is 1.71. The number of fused-ring (bicyclic) bond motifs is 1. The number of benzene rings is 1. The molecule has 0 bridgehead atoms. The Morgan fingerprint density at radius 1 is 1.38 bits per heavy atom. The molecule has 13 heavy (non-hydrogen) atoms. The fraction of sp³-hybridized carbons (Fsp3) is 0.400. The average Bonchev–Trinajstić information content (AvgIpc) is 2.08. The molecule has 0 fully saturated rings. The minimum absolute atomic E-state index is 0.342. The second-order valence-electron chi connectivity index (χ2n) is 3.56. The second kappa shape index (κ2) is 3.31. The highest BCUT2D eigenvalue weighted by Gasteiger charge is 2.14. The minimum atomic E-state index is 0.342. The third-order valence-corrected chi connectivity index (χ3v) is 3.11. The zero-order valence-electron chi connectivity index (χ0n) is 7.55. The molecule has 1 aliphatic rings. The van der Waals surface area contributed by atoms with E-state index < -0.39 is 0 Å². The fourth-order valence-corrected chi connectivity index (χ4v) is 2.10. The number of nitrogens with zero attached hydrogens (tertiary/aromatic N) is 1. The van der Waals surface area contributed by atoms with Crippen LogP contribution in [0, 0.1) is 0 Å². The van der Waals surface area contributed by atoms with E-state index in [1.165, 1.54) is 11.1 Å². The lowest BCUT2D eigenvalue weighted by molar-refractivity contribution is 0.312. The first-order valence-corrected chi connectivity index (χ1v) is 5.15. The normalized spacial score (nSPS) is 17.1. The summed E-state index contributed by atoms with van der Waals surface area (Å²) in [4.78, 5) is 2.26. The smallest absolute Gasteiger partial charge is 0.130 e. The van der Waals surface area contributed by atoms with Crippen LogP contribution in [0.2, 0.25) is 0 Å². The molecule has 70 valence electrons. The van der Waals surface area contributed by atoms with Crippen molar-refractivity contribution in [2.24, 2.45) is 0 Å². The maximum absolute atomic E-state index is 9.50. The topological polar surface area (TPSA) is 23.5 Å². The molecule has 0 aromatic heterocycles. The Hall–Kier alpha value is -0.540. The lowest BCUT2D eigenvalue weighted by Gasteiger charge is -2.25. The van der Waals surface area contributed by atoms with E-state index >= 15 is 0 Å². The molecule has 1 N–H and O–H groups in total. The molecule has 0 radical (unpaired) electrons. The quantitative estimate of drug-likeness (QED) is 0.753. The first kappa shape index (κ1) is 9.03. The van der Waals surface area contributed by atoms with Gasteiger partial charge in [0.05, 0.1) is 4.47 Å². The number of aromatic hydroxyl groups is 1. The SMILES string of the molecule is CN1CCc2cc(Br)c(O)cc2C1. The first-order valence-electron chi connectivity index (χ1n) is 4.35. The molecular formula is C10H12BrNO. The maximum Gasteiger partial charge on any atom is 0.130 e. The van der Waals surface area contributed by atoms with Gasteiger partial charge in [-0.15, -0.1) is 0 Å². The van der Waals surface area contributed by atoms with Crippen LogP contribution in [0.1, 0.15) is 11.1 Å². The maximum atomic E-state index is 9.50. The van der Waals surface area contributed by atoms with Gasteiger partial charge in [0.2, 0.25) is 0 Å². The molecule has 1 heterocycles. The Balaban J connectivity index is 2.43. The Labute approximate surface area is 86.3 Å². The van der Waals surface area contributed by atoms with Crippen molar-refractivity contribution in [1.29, 1.82) is 0 Å². The molecule has 0 atom stereocenters. The molecule has 1 aromatic rings. The van der Waals surface area contributed by atoms with E-state index in [-0.39, 0.29) is 0 Å². The highest BCUT2D eigenvalue weighted by Crippen LogP contribution is 2.30. The summed E-state index contributed by atoms with van der Waals surface area (Å²) in [6.07, 6.45) is 1.07. The summed E-state index contributed by atoms with van der Waals surface area (Å²) in [6.45, 7) is 2.04. The fourth-order valence-electron chi connectivity index (χ4n) is 1.71. The van der Waals surface area contributed by atoms with Gasteiger partial charge in [0.25, 0.3) is 0 Å². The van der Waals surface area contributed by atoms with Crippen LogP contribution < -0.4 is 0 Å². The molecule has 0 amide bonds. The molecule has 0 saturated carbocycles. The minimum Gasteiger partial charge on any atom is -0.507 e. The van der Waals surface area contributed by atoms with Crippen LogP contribution in [0.25, 0.3) is 0 Å². The number of phenolic OH excluding ortho intramolecular Hbond substituents is 1. The molecule has 1 aromatic carbocycles. The van der Waals surface area contributed by atoms with Crippen LogP contribution in [-0.4, -0.2) is 23.6 Å². The molecule has 0 spiro atoms. The van der Waals surface area contributed by atoms with Crippen molar-refractivity contribution in [3.05, 3.63) is 27.7 Å². The van der Waals surface area contributed by atoms with Crippen LogP contribution in [0.3, 0.4) is 0 Å². The van der Waals surface area contributed by atoms with Gasteiger partial charge in [0.1, 0.15) is 5.75 Å². The van der Waals surface area contributed by atoms with Crippen molar-refractivity contribution in [2.75, 3.05) is 13.6 Å². The number of hydrogen-bond donors (Lipinski definition) is 1. The van der Waals surface area contributed by atoms with Crippen molar-refractivity contribution in [2.45, 2.75) is 13.0 Å². The van der Waals surface area contributed by atoms with E-state index in [0.29, 0.717) is 5.75 Å². The summed E-state index contributed by atoms with van der Waals surface area (Å²) >= 11 is 3.33. The van der Waals surface area contributed by atoms with Crippen molar-refractivity contribution in [3.63, 3.8) is 0 Å². The Bertz CT molecular complexity index is 338. The number of likely N-dealkylation sites (N-methyl/N-ethyl adjacent to an activating group) is 1. The van der Waals surface area contributed by atoms with Crippen molar-refractivity contribution in [1.82, 2.24) is 4.90 Å². The van der Waals surface area contributed by atoms with E-state index in [0.717, 1.165) is 24.0 Å². The largest absolute Gasteiger partial charge is 0.507 e. The van der Waals surface area contributed by atoms with Gasteiger partial charge in [-0.05, 0) is 52.7 Å². The van der Waals surface area contributed by atoms with Gasteiger partial charge < -0.3 is 10.0 Å². The standard InChI is InChI=1S/C10H12BrNO/c1-12-3-2-7-4-9(11)10(13)5-8(7)6-12/h4-5,13H,2-3,6H2,1H3. The number of hydrogen-bond acceptors (Lipinski definition) is 2. The van der Waals surface area contributed by atoms with Crippen LogP contribution in [0.15, 0.2) is 16.6 Å². The lowest BCUT2D eigenvalue weighted by atomic mass is 10.00. The van der Waals surface area contributed by atoms with Crippen LogP contribution >= 0.6 is 15.9 Å². The van der Waals surface area contributed by atoms with Gasteiger partial charge in [0, 0.05) is 13.1 Å². The van der Waals surface area contributed by atoms with E-state index in [2.05, 4.69) is 27.9 Å². The molecular weight excluding hydrogens is 230 g/mol. The number of rotatable bonds is 0. The number of phenols is 1. The van der Waals surface area contributed by atoms with Gasteiger partial charge in [-0.1, -0.05) is 0 Å². The summed E-state index contributed by atoms with van der Waals surface area (Å²) in [6, 6.07) is 3.88. The summed E-state index contributed by atoms with van der Waals surface area (Å²) in [5, 5.41) is 9.50. The monoisotopic (exact) mass is 241 g/mol. The molecule has 0 saturated heterocycles. The van der Waals surface area contributed by atoms with Gasteiger partial charge in [-0.3, -0.25) is 0 Å². The summed E-state index contributed by atoms with van der Waals surface area (Å²) in [5.41, 5.74) is 2.59.